The Morgan fingerprint density at radius 1 is 1.14 bits per heavy atom. The van der Waals surface area contributed by atoms with Crippen molar-refractivity contribution < 1.29 is 9.59 Å². The van der Waals surface area contributed by atoms with Gasteiger partial charge in [0.2, 0.25) is 5.91 Å². The summed E-state index contributed by atoms with van der Waals surface area (Å²) in [5.74, 6) is -0.525. The zero-order valence-electron chi connectivity index (χ0n) is 15.2. The second-order valence-corrected chi connectivity index (χ2v) is 9.19. The monoisotopic (exact) mass is 484 g/mol. The molecule has 9 heteroatoms. The standard InChI is InChI=1S/C20H15Cl3N2O2S2/c1-11-2-4-12(5-3-11)8-17-19(27)25(20(28)29-17)7-6-18(26)24-16-10-14(22)13(21)9-15(16)23/h2-5,8-10H,6-7H2,1H3,(H,24,26). The van der Waals surface area contributed by atoms with Crippen molar-refractivity contribution in [3.8, 4) is 0 Å². The van der Waals surface area contributed by atoms with Crippen LogP contribution < -0.4 is 5.32 Å². The van der Waals surface area contributed by atoms with Crippen LogP contribution in [0.15, 0.2) is 41.3 Å². The number of carbonyl (C=O) groups excluding carboxylic acids is 2. The maximum atomic E-state index is 12.7. The molecule has 2 aromatic rings. The topological polar surface area (TPSA) is 49.4 Å². The van der Waals surface area contributed by atoms with Crippen molar-refractivity contribution in [2.24, 2.45) is 0 Å². The van der Waals surface area contributed by atoms with E-state index >= 15 is 0 Å². The van der Waals surface area contributed by atoms with Gasteiger partial charge in [0, 0.05) is 13.0 Å². The highest BCUT2D eigenvalue weighted by molar-refractivity contribution is 8.26. The van der Waals surface area contributed by atoms with E-state index in [1.165, 1.54) is 28.8 Å². The van der Waals surface area contributed by atoms with Gasteiger partial charge in [-0.3, -0.25) is 14.5 Å². The molecule has 2 amide bonds. The molecule has 4 nitrogen and oxygen atoms in total. The number of hydrogen-bond donors (Lipinski definition) is 1. The molecule has 0 spiro atoms. The Kier molecular flexibility index (Phi) is 7.24. The molecule has 0 atom stereocenters. The Morgan fingerprint density at radius 3 is 2.48 bits per heavy atom. The zero-order chi connectivity index (χ0) is 21.1. The summed E-state index contributed by atoms with van der Waals surface area (Å²) >= 11 is 24.4. The van der Waals surface area contributed by atoms with Crippen molar-refractivity contribution in [3.05, 3.63) is 67.5 Å². The zero-order valence-corrected chi connectivity index (χ0v) is 19.1. The number of amides is 2. The normalized spacial score (nSPS) is 15.3. The molecule has 1 heterocycles. The van der Waals surface area contributed by atoms with Gasteiger partial charge in [0.15, 0.2) is 0 Å². The highest BCUT2D eigenvalue weighted by Crippen LogP contribution is 2.34. The van der Waals surface area contributed by atoms with Gasteiger partial charge >= 0.3 is 0 Å². The van der Waals surface area contributed by atoms with Gasteiger partial charge < -0.3 is 5.32 Å². The minimum absolute atomic E-state index is 0.0564. The minimum Gasteiger partial charge on any atom is -0.325 e. The molecule has 0 saturated carbocycles. The molecule has 1 fully saturated rings. The van der Waals surface area contributed by atoms with Gasteiger partial charge in [0.05, 0.1) is 25.7 Å². The molecule has 2 aromatic carbocycles. The predicted octanol–water partition coefficient (Wildman–Crippen LogP) is 6.19. The lowest BCUT2D eigenvalue weighted by molar-refractivity contribution is -0.122. The second kappa shape index (κ2) is 9.49. The molecule has 0 bridgehead atoms. The highest BCUT2D eigenvalue weighted by Gasteiger charge is 2.32. The molecule has 1 aliphatic heterocycles. The number of carbonyl (C=O) groups is 2. The van der Waals surface area contributed by atoms with Crippen molar-refractivity contribution in [2.75, 3.05) is 11.9 Å². The smallest absolute Gasteiger partial charge is 0.266 e. The van der Waals surface area contributed by atoms with E-state index in [9.17, 15) is 9.59 Å². The average molecular weight is 486 g/mol. The summed E-state index contributed by atoms with van der Waals surface area (Å²) in [6, 6.07) is 10.8. The van der Waals surface area contributed by atoms with E-state index in [0.29, 0.717) is 19.9 Å². The van der Waals surface area contributed by atoms with Gasteiger partial charge in [-0.1, -0.05) is 88.6 Å². The molecule has 1 N–H and O–H groups in total. The number of nitrogens with zero attached hydrogens (tertiary/aromatic N) is 1. The maximum absolute atomic E-state index is 12.7. The predicted molar refractivity (Wildman–Crippen MR) is 126 cm³/mol. The number of benzene rings is 2. The SMILES string of the molecule is Cc1ccc(C=C2SC(=S)N(CCC(=O)Nc3cc(Cl)c(Cl)cc3Cl)C2=O)cc1. The largest absolute Gasteiger partial charge is 0.325 e. The van der Waals surface area contributed by atoms with Crippen LogP contribution in [0.25, 0.3) is 6.08 Å². The van der Waals surface area contributed by atoms with Crippen LogP contribution in [0.5, 0.6) is 0 Å². The lowest BCUT2D eigenvalue weighted by Crippen LogP contribution is -2.31. The van der Waals surface area contributed by atoms with Crippen LogP contribution in [-0.2, 0) is 9.59 Å². The molecule has 1 aliphatic rings. The Bertz CT molecular complexity index is 1020. The quantitative estimate of drug-likeness (QED) is 0.312. The first kappa shape index (κ1) is 22.1. The molecule has 3 rings (SSSR count). The summed E-state index contributed by atoms with van der Waals surface area (Å²) in [7, 11) is 0. The number of aryl methyl sites for hydroxylation is 1. The third-order valence-electron chi connectivity index (χ3n) is 4.10. The van der Waals surface area contributed by atoms with E-state index in [4.69, 9.17) is 47.0 Å². The van der Waals surface area contributed by atoms with Gasteiger partial charge in [0.1, 0.15) is 4.32 Å². The summed E-state index contributed by atoms with van der Waals surface area (Å²) in [5, 5.41) is 3.53. The average Bonchev–Trinajstić information content (AvgIpc) is 2.93. The van der Waals surface area contributed by atoms with Crippen LogP contribution in [0.4, 0.5) is 5.69 Å². The molecule has 0 aromatic heterocycles. The van der Waals surface area contributed by atoms with Gasteiger partial charge in [0.25, 0.3) is 5.91 Å². The number of halogens is 3. The molecule has 29 heavy (non-hydrogen) atoms. The number of nitrogens with one attached hydrogen (secondary N) is 1. The summed E-state index contributed by atoms with van der Waals surface area (Å²) < 4.78 is 0.425. The van der Waals surface area contributed by atoms with Crippen molar-refractivity contribution >= 4 is 86.7 Å². The molecular weight excluding hydrogens is 471 g/mol. The number of thiocarbonyl (C=S) groups is 1. The molecular formula is C20H15Cl3N2O2S2. The van der Waals surface area contributed by atoms with Crippen LogP contribution in [-0.4, -0.2) is 27.6 Å². The van der Waals surface area contributed by atoms with Crippen molar-refractivity contribution in [3.63, 3.8) is 0 Å². The van der Waals surface area contributed by atoms with Crippen molar-refractivity contribution in [1.82, 2.24) is 4.90 Å². The molecule has 150 valence electrons. The van der Waals surface area contributed by atoms with Gasteiger partial charge in [-0.2, -0.15) is 0 Å². The Balaban J connectivity index is 1.62. The fourth-order valence-corrected chi connectivity index (χ4v) is 4.45. The molecule has 1 saturated heterocycles. The maximum Gasteiger partial charge on any atom is 0.266 e. The summed E-state index contributed by atoms with van der Waals surface area (Å²) in [4.78, 5) is 26.9. The molecule has 0 unspecified atom stereocenters. The van der Waals surface area contributed by atoms with E-state index in [1.807, 2.05) is 31.2 Å². The number of rotatable bonds is 5. The fraction of sp³-hybridized carbons (Fsp3) is 0.150. The third kappa shape index (κ3) is 5.53. The first-order valence-electron chi connectivity index (χ1n) is 8.51. The van der Waals surface area contributed by atoms with E-state index in [2.05, 4.69) is 5.32 Å². The van der Waals surface area contributed by atoms with Gasteiger partial charge in [-0.05, 0) is 30.7 Å². The second-order valence-electron chi connectivity index (χ2n) is 6.29. The van der Waals surface area contributed by atoms with E-state index < -0.39 is 0 Å². The molecule has 0 radical (unpaired) electrons. The van der Waals surface area contributed by atoms with Crippen molar-refractivity contribution in [1.29, 1.82) is 0 Å². The lowest BCUT2D eigenvalue weighted by Gasteiger charge is -2.14. The van der Waals surface area contributed by atoms with Crippen LogP contribution in [0.3, 0.4) is 0 Å². The number of anilines is 1. The first-order valence-corrected chi connectivity index (χ1v) is 10.9. The highest BCUT2D eigenvalue weighted by atomic mass is 35.5. The van der Waals surface area contributed by atoms with Crippen LogP contribution >= 0.6 is 58.8 Å². The first-order chi connectivity index (χ1) is 13.7. The van der Waals surface area contributed by atoms with E-state index in [-0.39, 0.29) is 34.8 Å². The number of hydrogen-bond acceptors (Lipinski definition) is 4. The minimum atomic E-state index is -0.318. The summed E-state index contributed by atoms with van der Waals surface area (Å²) in [6.45, 7) is 2.17. The Hall–Kier alpha value is -1.57. The van der Waals surface area contributed by atoms with Gasteiger partial charge in [-0.25, -0.2) is 0 Å². The third-order valence-corrected chi connectivity index (χ3v) is 6.51. The van der Waals surface area contributed by atoms with Crippen molar-refractivity contribution in [2.45, 2.75) is 13.3 Å². The van der Waals surface area contributed by atoms with E-state index in [0.717, 1.165) is 11.1 Å². The Morgan fingerprint density at radius 2 is 1.79 bits per heavy atom. The van der Waals surface area contributed by atoms with Crippen LogP contribution in [0, 0.1) is 6.92 Å². The summed E-state index contributed by atoms with van der Waals surface area (Å²) in [5.41, 5.74) is 2.42. The van der Waals surface area contributed by atoms with E-state index in [1.54, 1.807) is 6.08 Å². The Labute approximate surface area is 193 Å². The van der Waals surface area contributed by atoms with Crippen LogP contribution in [0.2, 0.25) is 15.1 Å². The summed E-state index contributed by atoms with van der Waals surface area (Å²) in [6.07, 6.45) is 1.86. The molecule has 0 aliphatic carbocycles. The fourth-order valence-electron chi connectivity index (χ4n) is 2.55. The van der Waals surface area contributed by atoms with Crippen LogP contribution in [0.1, 0.15) is 17.5 Å². The lowest BCUT2D eigenvalue weighted by atomic mass is 10.1. The van der Waals surface area contributed by atoms with Gasteiger partial charge in [-0.15, -0.1) is 0 Å². The number of thioether (sulfide) groups is 1.